The Hall–Kier alpha value is -2.34. The number of aryl methyl sites for hydroxylation is 2. The molecule has 1 saturated carbocycles. The molecule has 6 nitrogen and oxygen atoms in total. The second-order valence-electron chi connectivity index (χ2n) is 6.97. The van der Waals surface area contributed by atoms with E-state index in [9.17, 15) is 9.90 Å². The first-order valence-corrected chi connectivity index (χ1v) is 9.27. The summed E-state index contributed by atoms with van der Waals surface area (Å²) in [6.07, 6.45) is 5.73. The van der Waals surface area contributed by atoms with E-state index in [2.05, 4.69) is 10.4 Å². The summed E-state index contributed by atoms with van der Waals surface area (Å²) in [5.41, 5.74) is 1.18. The van der Waals surface area contributed by atoms with Gasteiger partial charge in [-0.1, -0.05) is 17.7 Å². The molecule has 0 radical (unpaired) electrons. The molecule has 1 aromatic heterocycles. The van der Waals surface area contributed by atoms with Gasteiger partial charge in [-0.05, 0) is 44.4 Å². The van der Waals surface area contributed by atoms with Crippen LogP contribution in [0.25, 0.3) is 0 Å². The highest BCUT2D eigenvalue weighted by molar-refractivity contribution is 5.75. The Morgan fingerprint density at radius 3 is 2.88 bits per heavy atom. The van der Waals surface area contributed by atoms with E-state index in [0.717, 1.165) is 31.6 Å². The number of hydrogen-bond acceptors (Lipinski definition) is 4. The fourth-order valence-electron chi connectivity index (χ4n) is 3.33. The summed E-state index contributed by atoms with van der Waals surface area (Å²) in [6.45, 7) is 3.26. The van der Waals surface area contributed by atoms with E-state index in [1.807, 2.05) is 48.1 Å². The maximum atomic E-state index is 12.0. The number of nitrogens with one attached hydrogen (secondary N) is 1. The Balaban J connectivity index is 1.37. The number of aliphatic hydroxyl groups is 1. The monoisotopic (exact) mass is 357 g/mol. The Morgan fingerprint density at radius 2 is 2.15 bits per heavy atom. The summed E-state index contributed by atoms with van der Waals surface area (Å²) in [7, 11) is 0. The molecule has 0 saturated heterocycles. The fraction of sp³-hybridized carbons (Fsp3) is 0.500. The molecule has 6 heteroatoms. The third-order valence-electron chi connectivity index (χ3n) is 4.91. The zero-order valence-corrected chi connectivity index (χ0v) is 15.2. The van der Waals surface area contributed by atoms with Crippen LogP contribution in [0.5, 0.6) is 5.75 Å². The molecule has 1 aromatic carbocycles. The molecule has 1 fully saturated rings. The first kappa shape index (κ1) is 18.5. The molecule has 1 heterocycles. The number of nitrogens with zero attached hydrogens (tertiary/aromatic N) is 2. The van der Waals surface area contributed by atoms with Gasteiger partial charge in [0.2, 0.25) is 5.91 Å². The van der Waals surface area contributed by atoms with Crippen molar-refractivity contribution in [1.82, 2.24) is 15.1 Å². The summed E-state index contributed by atoms with van der Waals surface area (Å²) in [5.74, 6) is 0.843. The lowest BCUT2D eigenvalue weighted by molar-refractivity contribution is -0.121. The van der Waals surface area contributed by atoms with Crippen LogP contribution in [0.2, 0.25) is 0 Å². The second-order valence-corrected chi connectivity index (χ2v) is 6.97. The van der Waals surface area contributed by atoms with Gasteiger partial charge in [0.25, 0.3) is 0 Å². The van der Waals surface area contributed by atoms with E-state index in [4.69, 9.17) is 4.74 Å². The molecule has 3 rings (SSSR count). The normalized spacial score (nSPS) is 22.3. The Labute approximate surface area is 154 Å². The summed E-state index contributed by atoms with van der Waals surface area (Å²) < 4.78 is 7.73. The van der Waals surface area contributed by atoms with Gasteiger partial charge in [-0.3, -0.25) is 9.48 Å². The predicted octanol–water partition coefficient (Wildman–Crippen LogP) is 2.31. The number of carbonyl (C=O) groups is 1. The van der Waals surface area contributed by atoms with E-state index >= 15 is 0 Å². The van der Waals surface area contributed by atoms with Crippen molar-refractivity contribution in [2.24, 2.45) is 5.92 Å². The van der Waals surface area contributed by atoms with Crippen molar-refractivity contribution >= 4 is 5.91 Å². The van der Waals surface area contributed by atoms with Crippen LogP contribution in [0.1, 0.15) is 31.2 Å². The highest BCUT2D eigenvalue weighted by atomic mass is 16.5. The SMILES string of the molecule is Cc1ccc(O[C@@H]2CC[C@H](CNC(=O)CCCn3cccn3)[C@H]2O)cc1. The first-order chi connectivity index (χ1) is 12.6. The van der Waals surface area contributed by atoms with Crippen LogP contribution in [-0.2, 0) is 11.3 Å². The average Bonchev–Trinajstić information content (AvgIpc) is 3.26. The lowest BCUT2D eigenvalue weighted by atomic mass is 10.1. The zero-order valence-electron chi connectivity index (χ0n) is 15.2. The summed E-state index contributed by atoms with van der Waals surface area (Å²) in [6, 6.07) is 9.72. The lowest BCUT2D eigenvalue weighted by Crippen LogP contribution is -2.37. The van der Waals surface area contributed by atoms with E-state index in [1.165, 1.54) is 5.56 Å². The number of amides is 1. The van der Waals surface area contributed by atoms with Crippen molar-refractivity contribution in [3.8, 4) is 5.75 Å². The standard InChI is InChI=1S/C20H27N3O3/c1-15-5-8-17(9-6-15)26-18-10-7-16(20(18)25)14-21-19(24)4-2-12-23-13-3-11-22-23/h3,5-6,8-9,11,13,16,18,20,25H,2,4,7,10,12,14H2,1H3,(H,21,24)/t16-,18-,20-/m1/s1. The van der Waals surface area contributed by atoms with Crippen molar-refractivity contribution in [3.63, 3.8) is 0 Å². The van der Waals surface area contributed by atoms with E-state index in [-0.39, 0.29) is 17.9 Å². The van der Waals surface area contributed by atoms with Crippen LogP contribution in [-0.4, -0.2) is 39.5 Å². The summed E-state index contributed by atoms with van der Waals surface area (Å²) in [5, 5.41) is 17.6. The van der Waals surface area contributed by atoms with E-state index in [1.54, 1.807) is 6.20 Å². The van der Waals surface area contributed by atoms with E-state index in [0.29, 0.717) is 13.0 Å². The minimum absolute atomic E-state index is 0.0206. The third kappa shape index (κ3) is 5.08. The maximum absolute atomic E-state index is 12.0. The predicted molar refractivity (Wildman–Crippen MR) is 98.8 cm³/mol. The number of benzene rings is 1. The molecule has 1 amide bonds. The van der Waals surface area contributed by atoms with Crippen LogP contribution in [0.3, 0.4) is 0 Å². The van der Waals surface area contributed by atoms with Gasteiger partial charge in [0.05, 0.1) is 6.10 Å². The van der Waals surface area contributed by atoms with Gasteiger partial charge in [0, 0.05) is 37.8 Å². The minimum Gasteiger partial charge on any atom is -0.488 e. The van der Waals surface area contributed by atoms with Crippen LogP contribution in [0, 0.1) is 12.8 Å². The molecule has 0 spiro atoms. The van der Waals surface area contributed by atoms with Gasteiger partial charge in [-0.25, -0.2) is 0 Å². The number of aromatic nitrogens is 2. The minimum atomic E-state index is -0.555. The van der Waals surface area contributed by atoms with Gasteiger partial charge in [-0.2, -0.15) is 5.10 Å². The summed E-state index contributed by atoms with van der Waals surface area (Å²) in [4.78, 5) is 12.0. The van der Waals surface area contributed by atoms with Gasteiger partial charge in [0.15, 0.2) is 0 Å². The van der Waals surface area contributed by atoms with Crippen molar-refractivity contribution in [1.29, 1.82) is 0 Å². The first-order valence-electron chi connectivity index (χ1n) is 9.27. The molecule has 0 bridgehead atoms. The molecule has 1 aliphatic rings. The highest BCUT2D eigenvalue weighted by Gasteiger charge is 2.36. The largest absolute Gasteiger partial charge is 0.488 e. The topological polar surface area (TPSA) is 76.4 Å². The lowest BCUT2D eigenvalue weighted by Gasteiger charge is -2.21. The fourth-order valence-corrected chi connectivity index (χ4v) is 3.33. The number of hydrogen-bond donors (Lipinski definition) is 2. The molecule has 26 heavy (non-hydrogen) atoms. The molecular weight excluding hydrogens is 330 g/mol. The maximum Gasteiger partial charge on any atom is 0.220 e. The van der Waals surface area contributed by atoms with Crippen molar-refractivity contribution < 1.29 is 14.6 Å². The Bertz CT molecular complexity index is 685. The number of aliphatic hydroxyl groups excluding tert-OH is 1. The third-order valence-corrected chi connectivity index (χ3v) is 4.91. The molecule has 0 unspecified atom stereocenters. The van der Waals surface area contributed by atoms with Crippen molar-refractivity contribution in [2.45, 2.75) is 51.4 Å². The molecule has 0 aliphatic heterocycles. The molecule has 2 aromatic rings. The summed E-state index contributed by atoms with van der Waals surface area (Å²) >= 11 is 0. The molecule has 3 atom stereocenters. The van der Waals surface area contributed by atoms with Crippen LogP contribution in [0.15, 0.2) is 42.7 Å². The van der Waals surface area contributed by atoms with E-state index < -0.39 is 6.10 Å². The smallest absolute Gasteiger partial charge is 0.220 e. The van der Waals surface area contributed by atoms with Gasteiger partial charge >= 0.3 is 0 Å². The zero-order chi connectivity index (χ0) is 18.4. The van der Waals surface area contributed by atoms with Crippen LogP contribution >= 0.6 is 0 Å². The molecule has 1 aliphatic carbocycles. The van der Waals surface area contributed by atoms with Gasteiger partial charge in [0.1, 0.15) is 11.9 Å². The molecule has 140 valence electrons. The molecular formula is C20H27N3O3. The van der Waals surface area contributed by atoms with Crippen LogP contribution < -0.4 is 10.1 Å². The average molecular weight is 357 g/mol. The highest BCUT2D eigenvalue weighted by Crippen LogP contribution is 2.29. The Kier molecular flexibility index (Phi) is 6.28. The quantitative estimate of drug-likeness (QED) is 0.760. The molecule has 2 N–H and O–H groups in total. The second kappa shape index (κ2) is 8.85. The van der Waals surface area contributed by atoms with Crippen molar-refractivity contribution in [2.75, 3.05) is 6.54 Å². The van der Waals surface area contributed by atoms with Crippen molar-refractivity contribution in [3.05, 3.63) is 48.3 Å². The number of ether oxygens (including phenoxy) is 1. The van der Waals surface area contributed by atoms with Crippen LogP contribution in [0.4, 0.5) is 0 Å². The van der Waals surface area contributed by atoms with Gasteiger partial charge in [-0.15, -0.1) is 0 Å². The number of carbonyl (C=O) groups excluding carboxylic acids is 1. The Morgan fingerprint density at radius 1 is 1.35 bits per heavy atom. The number of rotatable bonds is 8. The van der Waals surface area contributed by atoms with Gasteiger partial charge < -0.3 is 15.2 Å².